The minimum atomic E-state index is -0.632. The fourth-order valence-corrected chi connectivity index (χ4v) is 5.94. The third-order valence-electron chi connectivity index (χ3n) is 3.97. The molecule has 0 saturated carbocycles. The molecule has 0 bridgehead atoms. The fraction of sp³-hybridized carbons (Fsp3) is 0.188. The molecule has 2 heterocycles. The van der Waals surface area contributed by atoms with Crippen LogP contribution in [0, 0.1) is 0 Å². The quantitative estimate of drug-likeness (QED) is 0.740. The Hall–Kier alpha value is -1.59. The highest BCUT2D eigenvalue weighted by Crippen LogP contribution is 2.60. The molecule has 1 amide bonds. The zero-order chi connectivity index (χ0) is 14.6. The number of hydrogen-bond acceptors (Lipinski definition) is 4. The van der Waals surface area contributed by atoms with E-state index < -0.39 is 4.20 Å². The van der Waals surface area contributed by atoms with Crippen LogP contribution in [0.1, 0.15) is 0 Å². The molecule has 2 aliphatic rings. The van der Waals surface area contributed by atoms with E-state index in [2.05, 4.69) is 23.1 Å². The molecule has 21 heavy (non-hydrogen) atoms. The zero-order valence-corrected chi connectivity index (χ0v) is 13.4. The van der Waals surface area contributed by atoms with E-state index in [1.807, 2.05) is 44.4 Å². The van der Waals surface area contributed by atoms with Gasteiger partial charge in [-0.3, -0.25) is 4.79 Å². The number of likely N-dealkylation sites (N-methyl/N-ethyl adjacent to an activating group) is 2. The Morgan fingerprint density at radius 1 is 0.857 bits per heavy atom. The van der Waals surface area contributed by atoms with Crippen LogP contribution in [-0.2, 0) is 4.79 Å². The molecule has 0 fully saturated rings. The molecule has 2 aromatic rings. The van der Waals surface area contributed by atoms with Gasteiger partial charge >= 0.3 is 0 Å². The Morgan fingerprint density at radius 2 is 1.38 bits per heavy atom. The van der Waals surface area contributed by atoms with Gasteiger partial charge in [0.05, 0.1) is 11.4 Å². The number of para-hydroxylation sites is 2. The summed E-state index contributed by atoms with van der Waals surface area (Å²) < 4.78 is -0.632. The number of carbonyl (C=O) groups is 1. The highest BCUT2D eigenvalue weighted by Gasteiger charge is 2.54. The Morgan fingerprint density at radius 3 is 2.00 bits per heavy atom. The van der Waals surface area contributed by atoms with Gasteiger partial charge in [-0.15, -0.1) is 0 Å². The van der Waals surface area contributed by atoms with Crippen LogP contribution in [0.3, 0.4) is 0 Å². The van der Waals surface area contributed by atoms with Crippen LogP contribution in [0.25, 0.3) is 0 Å². The van der Waals surface area contributed by atoms with Crippen molar-refractivity contribution < 1.29 is 4.79 Å². The van der Waals surface area contributed by atoms with Gasteiger partial charge in [0.25, 0.3) is 5.91 Å². The third-order valence-corrected chi connectivity index (χ3v) is 7.05. The first-order valence-electron chi connectivity index (χ1n) is 6.71. The predicted molar refractivity (Wildman–Crippen MR) is 89.1 cm³/mol. The average Bonchev–Trinajstić information content (AvgIpc) is 2.79. The minimum absolute atomic E-state index is 0.120. The Bertz CT molecular complexity index is 749. The monoisotopic (exact) mass is 314 g/mol. The van der Waals surface area contributed by atoms with E-state index in [1.54, 1.807) is 28.4 Å². The summed E-state index contributed by atoms with van der Waals surface area (Å²) in [5, 5.41) is 0. The van der Waals surface area contributed by atoms with Gasteiger partial charge in [0, 0.05) is 23.9 Å². The number of hydrogen-bond donors (Lipinski definition) is 0. The maximum atomic E-state index is 13.0. The molecule has 4 rings (SSSR count). The molecule has 3 nitrogen and oxygen atoms in total. The van der Waals surface area contributed by atoms with E-state index in [1.165, 1.54) is 0 Å². The summed E-state index contributed by atoms with van der Waals surface area (Å²) in [7, 11) is 3.87. The highest BCUT2D eigenvalue weighted by atomic mass is 32.2. The fourth-order valence-electron chi connectivity index (χ4n) is 2.81. The molecule has 2 aliphatic heterocycles. The Balaban J connectivity index is 1.86. The number of anilines is 2. The first-order chi connectivity index (χ1) is 10.1. The smallest absolute Gasteiger partial charge is 0.274 e. The molecule has 2 aromatic carbocycles. The van der Waals surface area contributed by atoms with Gasteiger partial charge < -0.3 is 9.80 Å². The Kier molecular flexibility index (Phi) is 2.78. The van der Waals surface area contributed by atoms with Crippen molar-refractivity contribution in [2.45, 2.75) is 14.0 Å². The lowest BCUT2D eigenvalue weighted by Crippen LogP contribution is -2.53. The standard InChI is InChI=1S/C16H14N2OS2/c1-17-11-7-3-5-9-13(11)20-16(15(17)19)18(2)12-8-4-6-10-14(12)21-16/h3-10H,1-2H3. The summed E-state index contributed by atoms with van der Waals surface area (Å²) in [5.41, 5.74) is 2.11. The van der Waals surface area contributed by atoms with Crippen LogP contribution < -0.4 is 9.80 Å². The summed E-state index contributed by atoms with van der Waals surface area (Å²) >= 11 is 3.28. The van der Waals surface area contributed by atoms with E-state index in [9.17, 15) is 4.79 Å². The van der Waals surface area contributed by atoms with E-state index in [0.717, 1.165) is 21.2 Å². The highest BCUT2D eigenvalue weighted by molar-refractivity contribution is 8.20. The molecule has 0 aliphatic carbocycles. The van der Waals surface area contributed by atoms with Crippen molar-refractivity contribution in [3.8, 4) is 0 Å². The molecule has 1 unspecified atom stereocenters. The number of carbonyl (C=O) groups excluding carboxylic acids is 1. The summed E-state index contributed by atoms with van der Waals surface area (Å²) in [6, 6.07) is 16.3. The molecular weight excluding hydrogens is 300 g/mol. The largest absolute Gasteiger partial charge is 0.342 e. The second-order valence-electron chi connectivity index (χ2n) is 5.14. The van der Waals surface area contributed by atoms with Gasteiger partial charge in [-0.05, 0) is 24.3 Å². The maximum absolute atomic E-state index is 13.0. The minimum Gasteiger partial charge on any atom is -0.342 e. The van der Waals surface area contributed by atoms with E-state index in [4.69, 9.17) is 0 Å². The lowest BCUT2D eigenvalue weighted by molar-refractivity contribution is -0.118. The van der Waals surface area contributed by atoms with Gasteiger partial charge in [0.15, 0.2) is 0 Å². The van der Waals surface area contributed by atoms with Crippen molar-refractivity contribution >= 4 is 40.8 Å². The third kappa shape index (κ3) is 1.67. The molecular formula is C16H14N2OS2. The number of rotatable bonds is 0. The summed E-state index contributed by atoms with van der Waals surface area (Å²) in [5.74, 6) is 0.120. The number of fused-ring (bicyclic) bond motifs is 2. The molecule has 0 aromatic heterocycles. The predicted octanol–water partition coefficient (Wildman–Crippen LogP) is 3.65. The summed E-state index contributed by atoms with van der Waals surface area (Å²) in [6.45, 7) is 0. The first-order valence-corrected chi connectivity index (χ1v) is 8.35. The molecule has 5 heteroatoms. The maximum Gasteiger partial charge on any atom is 0.274 e. The number of nitrogens with zero attached hydrogens (tertiary/aromatic N) is 2. The average molecular weight is 314 g/mol. The molecule has 0 radical (unpaired) electrons. The van der Waals surface area contributed by atoms with Crippen LogP contribution in [0.5, 0.6) is 0 Å². The zero-order valence-electron chi connectivity index (χ0n) is 11.7. The van der Waals surface area contributed by atoms with Gasteiger partial charge in [-0.25, -0.2) is 0 Å². The van der Waals surface area contributed by atoms with Crippen molar-refractivity contribution in [3.05, 3.63) is 48.5 Å². The van der Waals surface area contributed by atoms with Crippen molar-refractivity contribution in [1.82, 2.24) is 0 Å². The molecule has 1 spiro atoms. The second-order valence-corrected chi connectivity index (χ2v) is 7.87. The number of amides is 1. The van der Waals surface area contributed by atoms with Crippen molar-refractivity contribution in [1.29, 1.82) is 0 Å². The summed E-state index contributed by atoms with van der Waals surface area (Å²) in [6.07, 6.45) is 0. The second kappa shape index (κ2) is 4.45. The SMILES string of the molecule is CN1C(=O)C2(Sc3ccccc31)Sc1ccccc1N2C. The van der Waals surface area contributed by atoms with Gasteiger partial charge in [-0.1, -0.05) is 47.8 Å². The van der Waals surface area contributed by atoms with Gasteiger partial charge in [-0.2, -0.15) is 0 Å². The molecule has 0 N–H and O–H groups in total. The summed E-state index contributed by atoms with van der Waals surface area (Å²) in [4.78, 5) is 19.2. The normalized spacial score (nSPS) is 23.4. The van der Waals surface area contributed by atoms with Crippen LogP contribution in [0.4, 0.5) is 11.4 Å². The van der Waals surface area contributed by atoms with E-state index >= 15 is 0 Å². The van der Waals surface area contributed by atoms with Crippen LogP contribution in [0.2, 0.25) is 0 Å². The Labute approximate surface area is 132 Å². The van der Waals surface area contributed by atoms with Gasteiger partial charge in [0.2, 0.25) is 4.20 Å². The van der Waals surface area contributed by atoms with Crippen molar-refractivity contribution in [2.24, 2.45) is 0 Å². The molecule has 1 atom stereocenters. The topological polar surface area (TPSA) is 23.6 Å². The van der Waals surface area contributed by atoms with Crippen molar-refractivity contribution in [2.75, 3.05) is 23.9 Å². The van der Waals surface area contributed by atoms with Crippen LogP contribution in [-0.4, -0.2) is 24.2 Å². The number of benzene rings is 2. The van der Waals surface area contributed by atoms with E-state index in [-0.39, 0.29) is 5.91 Å². The first kappa shape index (κ1) is 13.1. The lowest BCUT2D eigenvalue weighted by Gasteiger charge is -2.41. The number of thioether (sulfide) groups is 2. The molecule has 106 valence electrons. The van der Waals surface area contributed by atoms with Crippen molar-refractivity contribution in [3.63, 3.8) is 0 Å². The van der Waals surface area contributed by atoms with E-state index in [0.29, 0.717) is 0 Å². The lowest BCUT2D eigenvalue weighted by atomic mass is 10.2. The van der Waals surface area contributed by atoms with Crippen LogP contribution >= 0.6 is 23.5 Å². The molecule has 0 saturated heterocycles. The van der Waals surface area contributed by atoms with Crippen LogP contribution in [0.15, 0.2) is 58.3 Å². The van der Waals surface area contributed by atoms with Gasteiger partial charge in [0.1, 0.15) is 0 Å².